The first-order valence-corrected chi connectivity index (χ1v) is 12.3. The number of benzene rings is 3. The lowest BCUT2D eigenvalue weighted by atomic mass is 10.0. The first kappa shape index (κ1) is 23.4. The van der Waals surface area contributed by atoms with Crippen LogP contribution in [-0.4, -0.2) is 28.2 Å². The fraction of sp³-hybridized carbons (Fsp3) is 0.103. The maximum absolute atomic E-state index is 13.5. The second-order valence-electron chi connectivity index (χ2n) is 8.48. The first-order valence-electron chi connectivity index (χ1n) is 11.3. The molecule has 2 N–H and O–H groups in total. The number of hydrogen-bond acceptors (Lipinski definition) is 6. The number of carbonyl (C=O) groups excluding carboxylic acids is 1. The fourth-order valence-electron chi connectivity index (χ4n) is 4.17. The minimum atomic E-state index is -0.361. The van der Waals surface area contributed by atoms with E-state index in [1.54, 1.807) is 23.3 Å². The number of aromatic nitrogens is 1. The third-order valence-corrected chi connectivity index (χ3v) is 6.77. The van der Waals surface area contributed by atoms with Crippen molar-refractivity contribution in [3.05, 3.63) is 100 Å². The number of thiophene rings is 1. The van der Waals surface area contributed by atoms with Gasteiger partial charge in [0.2, 0.25) is 0 Å². The molecule has 5 aromatic rings. The zero-order valence-electron chi connectivity index (χ0n) is 19.8. The zero-order chi connectivity index (χ0) is 25.2. The van der Waals surface area contributed by atoms with Crippen molar-refractivity contribution in [2.45, 2.75) is 13.5 Å². The Morgan fingerprint density at radius 2 is 1.81 bits per heavy atom. The quantitative estimate of drug-likeness (QED) is 0.279. The van der Waals surface area contributed by atoms with E-state index in [1.807, 2.05) is 66.2 Å². The maximum Gasteiger partial charge on any atom is 0.262 e. The van der Waals surface area contributed by atoms with E-state index in [4.69, 9.17) is 9.72 Å². The number of ether oxygens (including phenoxy) is 1. The Morgan fingerprint density at radius 1 is 1.00 bits per heavy atom. The third kappa shape index (κ3) is 4.61. The molecule has 0 atom stereocenters. The Balaban J connectivity index is 1.51. The van der Waals surface area contributed by atoms with Crippen LogP contribution in [0.15, 0.2) is 83.6 Å². The smallest absolute Gasteiger partial charge is 0.262 e. The van der Waals surface area contributed by atoms with Gasteiger partial charge in [-0.15, -0.1) is 0 Å². The number of nitrogens with zero attached hydrogens (tertiary/aromatic N) is 2. The summed E-state index contributed by atoms with van der Waals surface area (Å²) in [6.45, 7) is 2.37. The van der Waals surface area contributed by atoms with Crippen LogP contribution in [0.4, 0.5) is 5.69 Å². The lowest BCUT2D eigenvalue weighted by Crippen LogP contribution is -2.30. The van der Waals surface area contributed by atoms with Gasteiger partial charge in [0.1, 0.15) is 17.2 Å². The van der Waals surface area contributed by atoms with Crippen LogP contribution in [0, 0.1) is 6.92 Å². The number of aromatic hydroxyl groups is 2. The van der Waals surface area contributed by atoms with Crippen LogP contribution >= 0.6 is 11.3 Å². The van der Waals surface area contributed by atoms with Gasteiger partial charge >= 0.3 is 0 Å². The van der Waals surface area contributed by atoms with Gasteiger partial charge in [0, 0.05) is 22.7 Å². The van der Waals surface area contributed by atoms with Crippen LogP contribution in [-0.2, 0) is 6.54 Å². The first-order chi connectivity index (χ1) is 17.4. The molecule has 3 aromatic carbocycles. The van der Waals surface area contributed by atoms with Gasteiger partial charge in [0.15, 0.2) is 0 Å². The minimum Gasteiger partial charge on any atom is -0.508 e. The van der Waals surface area contributed by atoms with Gasteiger partial charge in [-0.3, -0.25) is 4.79 Å². The van der Waals surface area contributed by atoms with Crippen molar-refractivity contribution in [1.82, 2.24) is 4.98 Å². The second kappa shape index (κ2) is 9.71. The van der Waals surface area contributed by atoms with Crippen molar-refractivity contribution in [3.8, 4) is 28.5 Å². The number of pyridine rings is 1. The molecule has 0 saturated heterocycles. The molecule has 0 saturated carbocycles. The number of phenolic OH excluding ortho intramolecular Hbond substituents is 2. The SMILES string of the molecule is COc1ccc2nc(-c3ccc(N(Cc4ccsc4)C(=O)c4ccc(O)cc4O)cc3)c(C)cc2c1. The highest BCUT2D eigenvalue weighted by Crippen LogP contribution is 2.31. The van der Waals surface area contributed by atoms with Crippen LogP contribution in [0.3, 0.4) is 0 Å². The molecular formula is C29H24N2O4S. The van der Waals surface area contributed by atoms with Crippen LogP contribution in [0.5, 0.6) is 17.2 Å². The number of rotatable bonds is 6. The van der Waals surface area contributed by atoms with E-state index in [9.17, 15) is 15.0 Å². The summed E-state index contributed by atoms with van der Waals surface area (Å²) in [6, 6.07) is 21.5. The summed E-state index contributed by atoms with van der Waals surface area (Å²) in [5.74, 6) is 0.0605. The molecule has 0 spiro atoms. The zero-order valence-corrected chi connectivity index (χ0v) is 20.6. The molecule has 0 aliphatic carbocycles. The Kier molecular flexibility index (Phi) is 6.31. The molecule has 0 aliphatic heterocycles. The van der Waals surface area contributed by atoms with E-state index in [1.165, 1.54) is 18.2 Å². The highest BCUT2D eigenvalue weighted by atomic mass is 32.1. The van der Waals surface area contributed by atoms with Gasteiger partial charge in [0.25, 0.3) is 5.91 Å². The van der Waals surface area contributed by atoms with Gasteiger partial charge in [-0.05, 0) is 83.4 Å². The number of methoxy groups -OCH3 is 1. The Bertz CT molecular complexity index is 1550. The Labute approximate surface area is 212 Å². The number of amides is 1. The summed E-state index contributed by atoms with van der Waals surface area (Å²) in [4.78, 5) is 20.0. The van der Waals surface area contributed by atoms with E-state index < -0.39 is 0 Å². The average Bonchev–Trinajstić information content (AvgIpc) is 3.40. The van der Waals surface area contributed by atoms with E-state index in [2.05, 4.69) is 6.07 Å². The molecule has 2 heterocycles. The molecule has 0 aliphatic rings. The van der Waals surface area contributed by atoms with Crippen molar-refractivity contribution in [2.24, 2.45) is 0 Å². The van der Waals surface area contributed by atoms with E-state index in [0.717, 1.165) is 39.0 Å². The fourth-order valence-corrected chi connectivity index (χ4v) is 4.83. The molecular weight excluding hydrogens is 472 g/mol. The van der Waals surface area contributed by atoms with Crippen LogP contribution in [0.1, 0.15) is 21.5 Å². The maximum atomic E-state index is 13.5. The van der Waals surface area contributed by atoms with Gasteiger partial charge in [-0.1, -0.05) is 12.1 Å². The van der Waals surface area contributed by atoms with Gasteiger partial charge in [-0.2, -0.15) is 11.3 Å². The highest BCUT2D eigenvalue weighted by Gasteiger charge is 2.22. The summed E-state index contributed by atoms with van der Waals surface area (Å²) < 4.78 is 5.33. The van der Waals surface area contributed by atoms with Gasteiger partial charge in [0.05, 0.1) is 30.4 Å². The number of carbonyl (C=O) groups is 1. The van der Waals surface area contributed by atoms with E-state index >= 15 is 0 Å². The van der Waals surface area contributed by atoms with Crippen molar-refractivity contribution in [3.63, 3.8) is 0 Å². The molecule has 0 radical (unpaired) electrons. The molecule has 5 rings (SSSR count). The van der Waals surface area contributed by atoms with Crippen LogP contribution in [0.25, 0.3) is 22.2 Å². The largest absolute Gasteiger partial charge is 0.508 e. The van der Waals surface area contributed by atoms with Gasteiger partial charge < -0.3 is 19.8 Å². The normalized spacial score (nSPS) is 10.9. The summed E-state index contributed by atoms with van der Waals surface area (Å²) in [5, 5.41) is 24.9. The number of aryl methyl sites for hydroxylation is 1. The van der Waals surface area contributed by atoms with Crippen molar-refractivity contribution in [2.75, 3.05) is 12.0 Å². The van der Waals surface area contributed by atoms with Crippen LogP contribution < -0.4 is 9.64 Å². The number of anilines is 1. The second-order valence-corrected chi connectivity index (χ2v) is 9.26. The molecule has 1 amide bonds. The number of phenols is 2. The standard InChI is InChI=1S/C29H24N2O4S/c1-18-13-21-14-24(35-2)8-10-26(21)30-28(18)20-3-5-22(6-4-20)31(16-19-11-12-36-17-19)29(34)25-9-7-23(32)15-27(25)33/h3-15,17,32-33H,16H2,1-2H3. The number of fused-ring (bicyclic) bond motifs is 1. The third-order valence-electron chi connectivity index (χ3n) is 6.04. The molecule has 6 nitrogen and oxygen atoms in total. The summed E-state index contributed by atoms with van der Waals surface area (Å²) in [5.41, 5.74) is 5.50. The van der Waals surface area contributed by atoms with E-state index in [0.29, 0.717) is 12.2 Å². The molecule has 7 heteroatoms. The summed E-state index contributed by atoms with van der Waals surface area (Å²) in [7, 11) is 1.65. The monoisotopic (exact) mass is 496 g/mol. The number of hydrogen-bond donors (Lipinski definition) is 2. The summed E-state index contributed by atoms with van der Waals surface area (Å²) in [6.07, 6.45) is 0. The molecule has 0 bridgehead atoms. The highest BCUT2D eigenvalue weighted by molar-refractivity contribution is 7.07. The molecule has 0 unspecified atom stereocenters. The average molecular weight is 497 g/mol. The summed E-state index contributed by atoms with van der Waals surface area (Å²) >= 11 is 1.56. The lowest BCUT2D eigenvalue weighted by Gasteiger charge is -2.23. The lowest BCUT2D eigenvalue weighted by molar-refractivity contribution is 0.0982. The predicted octanol–water partition coefficient (Wildman–Crippen LogP) is 6.54. The van der Waals surface area contributed by atoms with Gasteiger partial charge in [-0.25, -0.2) is 4.98 Å². The van der Waals surface area contributed by atoms with Crippen molar-refractivity contribution < 1.29 is 19.7 Å². The van der Waals surface area contributed by atoms with E-state index in [-0.39, 0.29) is 23.0 Å². The predicted molar refractivity (Wildman–Crippen MR) is 143 cm³/mol. The molecule has 0 fully saturated rings. The molecule has 2 aromatic heterocycles. The topological polar surface area (TPSA) is 82.9 Å². The Morgan fingerprint density at radius 3 is 2.50 bits per heavy atom. The minimum absolute atomic E-state index is 0.102. The Hall–Kier alpha value is -4.36. The van der Waals surface area contributed by atoms with Crippen molar-refractivity contribution in [1.29, 1.82) is 0 Å². The van der Waals surface area contributed by atoms with Crippen LogP contribution in [0.2, 0.25) is 0 Å². The van der Waals surface area contributed by atoms with Crippen molar-refractivity contribution >= 4 is 33.8 Å². The molecule has 180 valence electrons. The molecule has 36 heavy (non-hydrogen) atoms.